The zero-order valence-electron chi connectivity index (χ0n) is 69.8. The smallest absolute Gasteiger partial charge is 0.150 e. The second-order valence-corrected chi connectivity index (χ2v) is 42.0. The summed E-state index contributed by atoms with van der Waals surface area (Å²) in [5.74, 6) is 6.84. The van der Waals surface area contributed by atoms with Gasteiger partial charge in [0.25, 0.3) is 0 Å². The van der Waals surface area contributed by atoms with E-state index in [1.807, 2.05) is 49.2 Å². The van der Waals surface area contributed by atoms with Crippen molar-refractivity contribution in [3.8, 4) is 64.2 Å². The maximum atomic E-state index is 6.99. The standard InChI is InChI=1S/C58H90Br2N2O2S4.C34H44Br2N4O2S2/c1-5-8-11-14-17-19-21-23-25-27-29-32-35-38-41-63-51-46-43-49(57-61-45(4)55(59)67-57)65-53(46)52(64-42-39-36-33-30-28-26-24-22-20-18-15-12-9-6-2)47-44-50(66-54(47)51)58-62-48(56(60)68-58)40-37-34-31-16-13-10-7-3;1-7-11-13-21(9-3)19-41-29-23-15-25(33-37-17-27(35)39(33)5)44-32(23)30(42-20-22(10-4)14-12-8-2)24-16-26(43-31(24)29)34-38-18-28(36)40(34)6/h43-44H,5-42H2,1-4H3;15-18,21-22H,7-14,19-20H2,1-6H3. The number of aromatic nitrogens is 6. The quantitative estimate of drug-likeness (QED) is 0.0348. The summed E-state index contributed by atoms with van der Waals surface area (Å²) in [6, 6.07) is 9.22. The number of aryl methyl sites for hydroxylation is 2. The third kappa shape index (κ3) is 27.8. The Balaban J connectivity index is 0.000000281. The minimum absolute atomic E-state index is 0.522. The molecule has 10 rings (SSSR count). The van der Waals surface area contributed by atoms with Crippen molar-refractivity contribution in [2.75, 3.05) is 26.4 Å². The van der Waals surface area contributed by atoms with E-state index >= 15 is 0 Å². The Labute approximate surface area is 732 Å². The summed E-state index contributed by atoms with van der Waals surface area (Å²) >= 11 is 25.6. The molecule has 112 heavy (non-hydrogen) atoms. The monoisotopic (exact) mass is 1890 g/mol. The van der Waals surface area contributed by atoms with Crippen molar-refractivity contribution < 1.29 is 18.9 Å². The molecule has 10 nitrogen and oxygen atoms in total. The Kier molecular flexibility index (Phi) is 42.8. The highest BCUT2D eigenvalue weighted by Crippen LogP contribution is 2.56. The van der Waals surface area contributed by atoms with E-state index in [0.29, 0.717) is 25.0 Å². The Morgan fingerprint density at radius 1 is 0.348 bits per heavy atom. The van der Waals surface area contributed by atoms with Crippen molar-refractivity contribution in [3.05, 3.63) is 64.8 Å². The molecule has 2 aromatic carbocycles. The van der Waals surface area contributed by atoms with Crippen LogP contribution in [0.2, 0.25) is 0 Å². The summed E-state index contributed by atoms with van der Waals surface area (Å²) in [5, 5.41) is 6.69. The third-order valence-electron chi connectivity index (χ3n) is 22.4. The summed E-state index contributed by atoms with van der Waals surface area (Å²) in [5.41, 5.74) is 2.24. The molecule has 0 fully saturated rings. The van der Waals surface area contributed by atoms with Crippen LogP contribution in [0.1, 0.15) is 336 Å². The summed E-state index contributed by atoms with van der Waals surface area (Å²) in [6.07, 6.45) is 61.3. The predicted molar refractivity (Wildman–Crippen MR) is 507 cm³/mol. The van der Waals surface area contributed by atoms with E-state index < -0.39 is 0 Å². The zero-order valence-corrected chi connectivity index (χ0v) is 81.1. The number of ether oxygens (including phenoxy) is 4. The van der Waals surface area contributed by atoms with Crippen LogP contribution in [-0.4, -0.2) is 55.5 Å². The number of thiophene rings is 4. The van der Waals surface area contributed by atoms with E-state index in [-0.39, 0.29) is 0 Å². The van der Waals surface area contributed by atoms with E-state index in [1.165, 1.54) is 284 Å². The maximum absolute atomic E-state index is 6.99. The van der Waals surface area contributed by atoms with Gasteiger partial charge in [0.2, 0.25) is 0 Å². The fraction of sp³-hybridized carbons (Fsp3) is 0.652. The van der Waals surface area contributed by atoms with Crippen LogP contribution in [0.4, 0.5) is 0 Å². The Morgan fingerprint density at radius 2 is 0.652 bits per heavy atom. The molecule has 0 saturated heterocycles. The van der Waals surface area contributed by atoms with Gasteiger partial charge in [-0.25, -0.2) is 19.9 Å². The molecule has 0 aliphatic rings. The van der Waals surface area contributed by atoms with Crippen molar-refractivity contribution >= 4 is 172 Å². The molecule has 0 N–H and O–H groups in total. The lowest BCUT2D eigenvalue weighted by atomic mass is 10.0. The van der Waals surface area contributed by atoms with Crippen molar-refractivity contribution in [1.29, 1.82) is 0 Å². The van der Waals surface area contributed by atoms with Crippen LogP contribution in [0.25, 0.3) is 81.5 Å². The van der Waals surface area contributed by atoms with Crippen LogP contribution in [0.15, 0.2) is 53.4 Å². The first kappa shape index (κ1) is 93.0. The number of fused-ring (bicyclic) bond motifs is 4. The minimum Gasteiger partial charge on any atom is -0.491 e. The first-order valence-electron chi connectivity index (χ1n) is 44.0. The summed E-state index contributed by atoms with van der Waals surface area (Å²) in [4.78, 5) is 24.3. The maximum Gasteiger partial charge on any atom is 0.150 e. The van der Waals surface area contributed by atoms with Gasteiger partial charge in [-0.2, -0.15) is 0 Å². The van der Waals surface area contributed by atoms with Gasteiger partial charge in [-0.05, 0) is 145 Å². The van der Waals surface area contributed by atoms with Crippen LogP contribution in [0.5, 0.6) is 23.0 Å². The van der Waals surface area contributed by atoms with Crippen molar-refractivity contribution in [1.82, 2.24) is 29.1 Å². The fourth-order valence-electron chi connectivity index (χ4n) is 15.1. The van der Waals surface area contributed by atoms with E-state index in [9.17, 15) is 0 Å². The fourth-order valence-corrected chi connectivity index (χ4v) is 23.4. The summed E-state index contributed by atoms with van der Waals surface area (Å²) in [7, 11) is 4.08. The van der Waals surface area contributed by atoms with Crippen LogP contribution >= 0.6 is 132 Å². The number of unbranched alkanes of at least 4 members (excludes halogenated alkanes) is 34. The second-order valence-electron chi connectivity index (χ2n) is 31.5. The van der Waals surface area contributed by atoms with Crippen LogP contribution in [0, 0.1) is 18.8 Å². The van der Waals surface area contributed by atoms with Crippen molar-refractivity contribution in [2.45, 2.75) is 338 Å². The van der Waals surface area contributed by atoms with E-state index in [1.54, 1.807) is 45.3 Å². The van der Waals surface area contributed by atoms with Gasteiger partial charge in [0.05, 0.1) is 96.1 Å². The number of rotatable bonds is 58. The lowest BCUT2D eigenvalue weighted by Crippen LogP contribution is -2.12. The molecule has 0 amide bonds. The van der Waals surface area contributed by atoms with Gasteiger partial charge in [-0.15, -0.1) is 68.0 Å². The number of nitrogens with zero attached hydrogens (tertiary/aromatic N) is 6. The molecule has 620 valence electrons. The van der Waals surface area contributed by atoms with E-state index in [2.05, 4.69) is 153 Å². The molecule has 0 saturated carbocycles. The molecule has 0 bridgehead atoms. The Bertz CT molecular complexity index is 4040. The molecule has 2 unspecified atom stereocenters. The third-order valence-corrected chi connectivity index (χ3v) is 32.5. The molecular weight excluding hydrogens is 1770 g/mol. The molecule has 2 atom stereocenters. The highest BCUT2D eigenvalue weighted by molar-refractivity contribution is 9.11. The van der Waals surface area contributed by atoms with Gasteiger partial charge < -0.3 is 28.1 Å². The largest absolute Gasteiger partial charge is 0.491 e. The van der Waals surface area contributed by atoms with E-state index in [4.69, 9.17) is 38.9 Å². The number of halogens is 4. The molecule has 0 spiro atoms. The average Bonchev–Trinajstić information content (AvgIpc) is 1.56. The average molecular weight is 1900 g/mol. The normalized spacial score (nSPS) is 12.4. The molecule has 0 aliphatic carbocycles. The molecular formula is C92H134Br4N6O4S6. The van der Waals surface area contributed by atoms with Crippen LogP contribution in [0.3, 0.4) is 0 Å². The molecule has 10 aromatic rings. The lowest BCUT2D eigenvalue weighted by molar-refractivity contribution is 0.235. The molecule has 8 aromatic heterocycles. The number of hydrogen-bond donors (Lipinski definition) is 0. The SMILES string of the molecule is CCCCC(CC)COc1c2cc(-c3ncc(Br)n3C)sc2c(OCC(CC)CCCC)c2cc(-c3ncc(Br)n3C)sc12.CCCCCCCCCCCCCCCCOc1c2cc(-c3nc(CCCCCCCCC)c(Br)s3)sc2c(OCCCCCCCCCCCCCCCC)c2cc(-c3nc(C)c(Br)s3)sc12. The number of benzene rings is 2. The van der Waals surface area contributed by atoms with Gasteiger partial charge in [0.15, 0.2) is 11.6 Å². The van der Waals surface area contributed by atoms with Gasteiger partial charge in [-0.3, -0.25) is 0 Å². The van der Waals surface area contributed by atoms with Crippen molar-refractivity contribution in [2.24, 2.45) is 25.9 Å². The molecule has 8 heterocycles. The van der Waals surface area contributed by atoms with Crippen LogP contribution in [-0.2, 0) is 20.5 Å². The lowest BCUT2D eigenvalue weighted by Gasteiger charge is -2.19. The highest BCUT2D eigenvalue weighted by atomic mass is 79.9. The predicted octanol–water partition coefficient (Wildman–Crippen LogP) is 34.8. The zero-order chi connectivity index (χ0) is 79.4. The topological polar surface area (TPSA) is 98.3 Å². The molecule has 0 aliphatic heterocycles. The summed E-state index contributed by atoms with van der Waals surface area (Å²) in [6.45, 7) is 20.9. The first-order chi connectivity index (χ1) is 54.7. The molecule has 0 radical (unpaired) electrons. The Morgan fingerprint density at radius 3 is 0.973 bits per heavy atom. The highest BCUT2D eigenvalue weighted by Gasteiger charge is 2.29. The Hall–Kier alpha value is -2.92. The number of imidazole rings is 2. The number of thiazole rings is 2. The van der Waals surface area contributed by atoms with Gasteiger partial charge in [0, 0.05) is 35.6 Å². The second kappa shape index (κ2) is 51.5. The number of hydrogen-bond acceptors (Lipinski definition) is 14. The van der Waals surface area contributed by atoms with Gasteiger partial charge in [0.1, 0.15) is 42.2 Å². The molecule has 20 heteroatoms. The van der Waals surface area contributed by atoms with Crippen molar-refractivity contribution in [3.63, 3.8) is 0 Å². The van der Waals surface area contributed by atoms with Gasteiger partial charge in [-0.1, -0.05) is 292 Å². The summed E-state index contributed by atoms with van der Waals surface area (Å²) < 4.78 is 40.7. The van der Waals surface area contributed by atoms with Gasteiger partial charge >= 0.3 is 0 Å². The van der Waals surface area contributed by atoms with Crippen LogP contribution < -0.4 is 18.9 Å². The minimum atomic E-state index is 0.522. The first-order valence-corrected chi connectivity index (χ1v) is 52.0. The van der Waals surface area contributed by atoms with E-state index in [0.717, 1.165) is 144 Å².